The second-order valence-electron chi connectivity index (χ2n) is 4.47. The summed E-state index contributed by atoms with van der Waals surface area (Å²) >= 11 is 1.70. The smallest absolute Gasteiger partial charge is 0.129 e. The van der Waals surface area contributed by atoms with Crippen molar-refractivity contribution in [3.05, 3.63) is 29.6 Å². The van der Waals surface area contributed by atoms with Crippen LogP contribution in [-0.4, -0.2) is 5.75 Å². The van der Waals surface area contributed by atoms with Crippen LogP contribution in [0.5, 0.6) is 0 Å². The lowest BCUT2D eigenvalue weighted by Crippen LogP contribution is -2.09. The molecule has 90 valence electrons. The fourth-order valence-corrected chi connectivity index (χ4v) is 2.91. The van der Waals surface area contributed by atoms with Crippen molar-refractivity contribution in [2.24, 2.45) is 11.7 Å². The van der Waals surface area contributed by atoms with E-state index in [9.17, 15) is 4.39 Å². The molecule has 1 rings (SSSR count). The van der Waals surface area contributed by atoms with Gasteiger partial charge in [-0.3, -0.25) is 0 Å². The van der Waals surface area contributed by atoms with E-state index >= 15 is 0 Å². The molecule has 0 spiro atoms. The number of rotatable bonds is 5. The molecule has 0 unspecified atom stereocenters. The molecule has 16 heavy (non-hydrogen) atoms. The average Bonchev–Trinajstić information content (AvgIpc) is 2.16. The largest absolute Gasteiger partial charge is 0.324 e. The lowest BCUT2D eigenvalue weighted by Gasteiger charge is -2.13. The molecule has 0 heterocycles. The summed E-state index contributed by atoms with van der Waals surface area (Å²) in [7, 11) is 0. The van der Waals surface area contributed by atoms with E-state index in [1.54, 1.807) is 17.8 Å². The van der Waals surface area contributed by atoms with Crippen LogP contribution < -0.4 is 5.73 Å². The molecule has 0 saturated heterocycles. The van der Waals surface area contributed by atoms with E-state index < -0.39 is 0 Å². The minimum absolute atomic E-state index is 0.190. The number of hydrogen-bond donors (Lipinski definition) is 1. The lowest BCUT2D eigenvalue weighted by molar-refractivity contribution is 0.585. The molecule has 0 fully saturated rings. The molecule has 0 aliphatic heterocycles. The Morgan fingerprint density at radius 1 is 1.31 bits per heavy atom. The summed E-state index contributed by atoms with van der Waals surface area (Å²) in [5.74, 6) is 1.50. The molecule has 0 aliphatic rings. The van der Waals surface area contributed by atoms with Gasteiger partial charge in [-0.1, -0.05) is 19.9 Å². The van der Waals surface area contributed by atoms with Gasteiger partial charge in [-0.25, -0.2) is 4.39 Å². The summed E-state index contributed by atoms with van der Waals surface area (Å²) in [6, 6.07) is 4.93. The van der Waals surface area contributed by atoms with Crippen molar-refractivity contribution in [3.8, 4) is 0 Å². The summed E-state index contributed by atoms with van der Waals surface area (Å²) in [4.78, 5) is 0.982. The third kappa shape index (κ3) is 3.80. The van der Waals surface area contributed by atoms with E-state index in [0.29, 0.717) is 11.5 Å². The van der Waals surface area contributed by atoms with E-state index in [1.165, 1.54) is 6.07 Å². The van der Waals surface area contributed by atoms with Crippen LogP contribution in [0.3, 0.4) is 0 Å². The standard InChI is InChI=1S/C13H20FNS/c1-9(2)7-8-16-12-6-4-5-11(14)13(12)10(3)15/h4-6,9-10H,7-8,15H2,1-3H3/t10-/m0/s1. The number of hydrogen-bond acceptors (Lipinski definition) is 2. The molecule has 0 aliphatic carbocycles. The highest BCUT2D eigenvalue weighted by atomic mass is 32.2. The van der Waals surface area contributed by atoms with Crippen LogP contribution in [0, 0.1) is 11.7 Å². The zero-order valence-corrected chi connectivity index (χ0v) is 11.0. The van der Waals surface area contributed by atoms with E-state index in [-0.39, 0.29) is 11.9 Å². The van der Waals surface area contributed by atoms with Gasteiger partial charge in [-0.2, -0.15) is 0 Å². The van der Waals surface area contributed by atoms with Gasteiger partial charge in [0.1, 0.15) is 5.82 Å². The molecule has 0 radical (unpaired) electrons. The maximum atomic E-state index is 13.6. The van der Waals surface area contributed by atoms with Gasteiger partial charge in [0.25, 0.3) is 0 Å². The molecule has 3 heteroatoms. The Morgan fingerprint density at radius 3 is 2.56 bits per heavy atom. The molecular weight excluding hydrogens is 221 g/mol. The van der Waals surface area contributed by atoms with Crippen molar-refractivity contribution in [2.75, 3.05) is 5.75 Å². The van der Waals surface area contributed by atoms with E-state index in [2.05, 4.69) is 13.8 Å². The Bertz CT molecular complexity index is 337. The van der Waals surface area contributed by atoms with Gasteiger partial charge < -0.3 is 5.73 Å². The van der Waals surface area contributed by atoms with Gasteiger partial charge in [-0.05, 0) is 37.1 Å². The second kappa shape index (κ2) is 6.26. The van der Waals surface area contributed by atoms with Crippen molar-refractivity contribution in [3.63, 3.8) is 0 Å². The second-order valence-corrected chi connectivity index (χ2v) is 5.61. The topological polar surface area (TPSA) is 26.0 Å². The van der Waals surface area contributed by atoms with Crippen molar-refractivity contribution >= 4 is 11.8 Å². The summed E-state index contributed by atoms with van der Waals surface area (Å²) in [5.41, 5.74) is 6.44. The Labute approximate surface area is 102 Å². The molecule has 0 bridgehead atoms. The highest BCUT2D eigenvalue weighted by molar-refractivity contribution is 7.99. The molecule has 1 nitrogen and oxygen atoms in total. The Balaban J connectivity index is 2.75. The number of halogens is 1. The van der Waals surface area contributed by atoms with Gasteiger partial charge in [0.15, 0.2) is 0 Å². The first kappa shape index (κ1) is 13.5. The maximum Gasteiger partial charge on any atom is 0.129 e. The first-order valence-electron chi connectivity index (χ1n) is 5.69. The average molecular weight is 241 g/mol. The van der Waals surface area contributed by atoms with E-state index in [1.807, 2.05) is 13.0 Å². The fraction of sp³-hybridized carbons (Fsp3) is 0.538. The monoisotopic (exact) mass is 241 g/mol. The number of benzene rings is 1. The summed E-state index contributed by atoms with van der Waals surface area (Å²) in [6.07, 6.45) is 1.14. The molecule has 1 atom stereocenters. The third-order valence-corrected chi connectivity index (χ3v) is 3.53. The maximum absolute atomic E-state index is 13.6. The van der Waals surface area contributed by atoms with Crippen LogP contribution in [0.2, 0.25) is 0 Å². The van der Waals surface area contributed by atoms with Crippen LogP contribution in [-0.2, 0) is 0 Å². The zero-order chi connectivity index (χ0) is 12.1. The quantitative estimate of drug-likeness (QED) is 0.789. The summed E-state index contributed by atoms with van der Waals surface area (Å²) in [6.45, 7) is 6.21. The Morgan fingerprint density at radius 2 is 2.00 bits per heavy atom. The number of thioether (sulfide) groups is 1. The summed E-state index contributed by atoms with van der Waals surface area (Å²) in [5, 5.41) is 0. The zero-order valence-electron chi connectivity index (χ0n) is 10.2. The minimum atomic E-state index is -0.247. The van der Waals surface area contributed by atoms with Crippen LogP contribution in [0.4, 0.5) is 4.39 Å². The normalized spacial score (nSPS) is 13.1. The van der Waals surface area contributed by atoms with Gasteiger partial charge in [0, 0.05) is 16.5 Å². The molecule has 2 N–H and O–H groups in total. The predicted octanol–water partition coefficient (Wildman–Crippen LogP) is 3.98. The highest BCUT2D eigenvalue weighted by Gasteiger charge is 2.12. The third-order valence-electron chi connectivity index (χ3n) is 2.42. The lowest BCUT2D eigenvalue weighted by atomic mass is 10.1. The van der Waals surface area contributed by atoms with Gasteiger partial charge in [0.05, 0.1) is 0 Å². The van der Waals surface area contributed by atoms with E-state index in [0.717, 1.165) is 17.1 Å². The summed E-state index contributed by atoms with van der Waals surface area (Å²) < 4.78 is 13.6. The van der Waals surface area contributed by atoms with Crippen LogP contribution in [0.15, 0.2) is 23.1 Å². The van der Waals surface area contributed by atoms with Crippen molar-refractivity contribution in [2.45, 2.75) is 38.1 Å². The van der Waals surface area contributed by atoms with E-state index in [4.69, 9.17) is 5.73 Å². The van der Waals surface area contributed by atoms with Crippen molar-refractivity contribution in [1.29, 1.82) is 0 Å². The number of nitrogens with two attached hydrogens (primary N) is 1. The minimum Gasteiger partial charge on any atom is -0.324 e. The van der Waals surface area contributed by atoms with Gasteiger partial charge in [0.2, 0.25) is 0 Å². The molecular formula is C13H20FNS. The predicted molar refractivity (Wildman–Crippen MR) is 69.2 cm³/mol. The first-order chi connectivity index (χ1) is 7.52. The molecule has 1 aromatic rings. The van der Waals surface area contributed by atoms with Gasteiger partial charge in [-0.15, -0.1) is 11.8 Å². The Kier molecular flexibility index (Phi) is 5.29. The molecule has 0 saturated carbocycles. The van der Waals surface area contributed by atoms with Crippen LogP contribution >= 0.6 is 11.8 Å². The van der Waals surface area contributed by atoms with Crippen LogP contribution in [0.1, 0.15) is 38.8 Å². The van der Waals surface area contributed by atoms with Crippen molar-refractivity contribution in [1.82, 2.24) is 0 Å². The highest BCUT2D eigenvalue weighted by Crippen LogP contribution is 2.29. The SMILES string of the molecule is CC(C)CCSc1cccc(F)c1[C@H](C)N. The first-order valence-corrected chi connectivity index (χ1v) is 6.67. The molecule has 1 aromatic carbocycles. The van der Waals surface area contributed by atoms with Crippen molar-refractivity contribution < 1.29 is 4.39 Å². The fourth-order valence-electron chi connectivity index (χ4n) is 1.49. The van der Waals surface area contributed by atoms with Crippen LogP contribution in [0.25, 0.3) is 0 Å². The molecule has 0 aromatic heterocycles. The van der Waals surface area contributed by atoms with Gasteiger partial charge >= 0.3 is 0 Å². The Hall–Kier alpha value is -0.540. The molecule has 0 amide bonds.